The number of fused-ring (bicyclic) bond motifs is 1. The van der Waals surface area contributed by atoms with Crippen molar-refractivity contribution in [2.45, 2.75) is 69.5 Å². The topological polar surface area (TPSA) is 159 Å². The largest absolute Gasteiger partial charge is 0.477 e. The van der Waals surface area contributed by atoms with E-state index in [9.17, 15) is 24.8 Å². The zero-order valence-corrected chi connectivity index (χ0v) is 21.9. The molecule has 2 aromatic rings. The predicted octanol–water partition coefficient (Wildman–Crippen LogP) is 3.88. The molecule has 0 saturated carbocycles. The Hall–Kier alpha value is -2.93. The Labute approximate surface area is 217 Å². The van der Waals surface area contributed by atoms with Crippen LogP contribution in [-0.4, -0.2) is 58.3 Å². The van der Waals surface area contributed by atoms with Gasteiger partial charge in [0, 0.05) is 11.4 Å². The highest BCUT2D eigenvalue weighted by Gasteiger charge is 2.64. The molecule has 3 saturated heterocycles. The van der Waals surface area contributed by atoms with E-state index in [0.29, 0.717) is 5.30 Å². The van der Waals surface area contributed by atoms with Crippen LogP contribution in [0.2, 0.25) is 0 Å². The standard InChI is InChI=1S/C24H27N2O11P/c1-23(2)32-13-18(34-23)19-20-21(36-24(3,4)35-20)22(38(31,37-19)15-8-6-5-7-9-15)33-14-10-11-16(25(27)28)17(12-14)26(29)30/h5-12,18-22H,13H2,1-4H3/t18-,19-,20+,21+,22-,38+/m1/s1. The number of nitro benzene ring substituents is 2. The molecule has 3 aliphatic rings. The molecule has 6 atom stereocenters. The lowest BCUT2D eigenvalue weighted by molar-refractivity contribution is -0.422. The third kappa shape index (κ3) is 4.81. The van der Waals surface area contributed by atoms with E-state index in [4.69, 9.17) is 28.2 Å². The molecule has 0 bridgehead atoms. The van der Waals surface area contributed by atoms with Crippen LogP contribution in [0, 0.1) is 20.2 Å². The Balaban J connectivity index is 1.59. The van der Waals surface area contributed by atoms with Crippen LogP contribution >= 0.6 is 7.37 Å². The van der Waals surface area contributed by atoms with Gasteiger partial charge in [-0.15, -0.1) is 0 Å². The monoisotopic (exact) mass is 550 g/mol. The second-order valence-corrected chi connectivity index (χ2v) is 12.5. The summed E-state index contributed by atoms with van der Waals surface area (Å²) in [6, 6.07) is 11.5. The van der Waals surface area contributed by atoms with Crippen LogP contribution in [0.1, 0.15) is 27.7 Å². The highest BCUT2D eigenvalue weighted by atomic mass is 31.2. The predicted molar refractivity (Wildman–Crippen MR) is 131 cm³/mol. The summed E-state index contributed by atoms with van der Waals surface area (Å²) in [5, 5.41) is 23.1. The molecule has 0 amide bonds. The lowest BCUT2D eigenvalue weighted by Gasteiger charge is -2.43. The summed E-state index contributed by atoms with van der Waals surface area (Å²) in [4.78, 5) is 21.1. The SMILES string of the molecule is CC1(C)O[C@H]2[C@@H]([C@H]3COC(C)(C)O3)O[P@@](=O)(c3ccccc3)[C@@H](Oc3ccc([N+](=O)[O-])c([N+](=O)[O-])c3)[C@H]2O1. The van der Waals surface area contributed by atoms with Crippen molar-refractivity contribution in [1.29, 1.82) is 0 Å². The van der Waals surface area contributed by atoms with Gasteiger partial charge in [-0.3, -0.25) is 24.8 Å². The molecule has 0 N–H and O–H groups in total. The second-order valence-electron chi connectivity index (χ2n) is 10.1. The van der Waals surface area contributed by atoms with Crippen LogP contribution < -0.4 is 10.0 Å². The van der Waals surface area contributed by atoms with Crippen molar-refractivity contribution >= 4 is 24.0 Å². The molecule has 0 aromatic heterocycles. The number of hydrogen-bond donors (Lipinski definition) is 0. The van der Waals surface area contributed by atoms with Gasteiger partial charge >= 0.3 is 11.4 Å². The second kappa shape index (κ2) is 9.37. The van der Waals surface area contributed by atoms with Crippen LogP contribution in [0.15, 0.2) is 48.5 Å². The third-order valence-corrected chi connectivity index (χ3v) is 9.14. The minimum atomic E-state index is -3.95. The highest BCUT2D eigenvalue weighted by molar-refractivity contribution is 7.67. The van der Waals surface area contributed by atoms with Crippen LogP contribution in [0.4, 0.5) is 11.4 Å². The van der Waals surface area contributed by atoms with Gasteiger partial charge in [-0.1, -0.05) is 18.2 Å². The van der Waals surface area contributed by atoms with Gasteiger partial charge in [0.1, 0.15) is 30.2 Å². The van der Waals surface area contributed by atoms with Gasteiger partial charge < -0.3 is 28.2 Å². The average Bonchev–Trinajstić information content (AvgIpc) is 3.38. The molecule has 14 heteroatoms. The highest BCUT2D eigenvalue weighted by Crippen LogP contribution is 2.61. The van der Waals surface area contributed by atoms with Crippen molar-refractivity contribution in [2.75, 3.05) is 6.61 Å². The molecule has 3 heterocycles. The molecular weight excluding hydrogens is 523 g/mol. The van der Waals surface area contributed by atoms with Crippen LogP contribution in [0.25, 0.3) is 0 Å². The Morgan fingerprint density at radius 3 is 2.13 bits per heavy atom. The van der Waals surface area contributed by atoms with Crippen molar-refractivity contribution in [3.8, 4) is 5.75 Å². The molecule has 0 spiro atoms. The molecule has 13 nitrogen and oxygen atoms in total. The first kappa shape index (κ1) is 26.7. The van der Waals surface area contributed by atoms with E-state index in [2.05, 4.69) is 0 Å². The fraction of sp³-hybridized carbons (Fsp3) is 0.500. The molecule has 204 valence electrons. The molecule has 0 aliphatic carbocycles. The van der Waals surface area contributed by atoms with Crippen LogP contribution in [0.5, 0.6) is 5.75 Å². The Morgan fingerprint density at radius 2 is 1.53 bits per heavy atom. The summed E-state index contributed by atoms with van der Waals surface area (Å²) < 4.78 is 51.4. The maximum absolute atomic E-state index is 14.8. The van der Waals surface area contributed by atoms with Gasteiger partial charge in [-0.25, -0.2) is 0 Å². The van der Waals surface area contributed by atoms with Gasteiger partial charge in [0.25, 0.3) is 7.37 Å². The first-order chi connectivity index (χ1) is 17.8. The Kier molecular flexibility index (Phi) is 6.57. The number of benzene rings is 2. The number of nitrogens with zero attached hydrogens (tertiary/aromatic N) is 2. The van der Waals surface area contributed by atoms with E-state index in [1.165, 1.54) is 6.07 Å². The van der Waals surface area contributed by atoms with Crippen molar-refractivity contribution < 1.29 is 42.6 Å². The van der Waals surface area contributed by atoms with E-state index in [1.54, 1.807) is 58.0 Å². The molecule has 38 heavy (non-hydrogen) atoms. The summed E-state index contributed by atoms with van der Waals surface area (Å²) in [6.45, 7) is 7.07. The lowest BCUT2D eigenvalue weighted by atomic mass is 10.0. The smallest absolute Gasteiger partial charge is 0.349 e. The van der Waals surface area contributed by atoms with Crippen molar-refractivity contribution in [3.63, 3.8) is 0 Å². The number of rotatable bonds is 6. The molecular formula is C24H27N2O11P. The quantitative estimate of drug-likeness (QED) is 0.292. The van der Waals surface area contributed by atoms with E-state index < -0.39 is 70.4 Å². The fourth-order valence-corrected chi connectivity index (χ4v) is 7.56. The summed E-state index contributed by atoms with van der Waals surface area (Å²) in [7, 11) is -3.95. The lowest BCUT2D eigenvalue weighted by Crippen LogP contribution is -2.56. The maximum Gasteiger partial charge on any atom is 0.349 e. The van der Waals surface area contributed by atoms with Gasteiger partial charge in [0.2, 0.25) is 5.85 Å². The van der Waals surface area contributed by atoms with E-state index in [0.717, 1.165) is 12.1 Å². The van der Waals surface area contributed by atoms with Gasteiger partial charge in [-0.05, 0) is 45.9 Å². The molecule has 5 rings (SSSR count). The van der Waals surface area contributed by atoms with Crippen LogP contribution in [0.3, 0.4) is 0 Å². The molecule has 0 unspecified atom stereocenters. The molecule has 3 aliphatic heterocycles. The summed E-state index contributed by atoms with van der Waals surface area (Å²) >= 11 is 0. The fourth-order valence-electron chi connectivity index (χ4n) is 4.94. The zero-order valence-electron chi connectivity index (χ0n) is 21.0. The average molecular weight is 550 g/mol. The first-order valence-corrected chi connectivity index (χ1v) is 13.6. The van der Waals surface area contributed by atoms with E-state index in [1.807, 2.05) is 0 Å². The minimum Gasteiger partial charge on any atom is -0.477 e. The van der Waals surface area contributed by atoms with Crippen LogP contribution in [-0.2, 0) is 28.0 Å². The van der Waals surface area contributed by atoms with E-state index >= 15 is 0 Å². The van der Waals surface area contributed by atoms with Crippen molar-refractivity contribution in [1.82, 2.24) is 0 Å². The van der Waals surface area contributed by atoms with Gasteiger partial charge in [0.05, 0.1) is 22.5 Å². The minimum absolute atomic E-state index is 0.112. The summed E-state index contributed by atoms with van der Waals surface area (Å²) in [5.41, 5.74) is -1.47. The van der Waals surface area contributed by atoms with Gasteiger partial charge in [-0.2, -0.15) is 0 Å². The Morgan fingerprint density at radius 1 is 0.868 bits per heavy atom. The number of ether oxygens (including phenoxy) is 5. The van der Waals surface area contributed by atoms with Crippen molar-refractivity contribution in [2.24, 2.45) is 0 Å². The van der Waals surface area contributed by atoms with Crippen molar-refractivity contribution in [3.05, 3.63) is 68.8 Å². The number of nitro groups is 2. The zero-order chi connectivity index (χ0) is 27.5. The first-order valence-electron chi connectivity index (χ1n) is 11.9. The summed E-state index contributed by atoms with van der Waals surface area (Å²) in [5.74, 6) is -3.41. The molecule has 0 radical (unpaired) electrons. The molecule has 2 aromatic carbocycles. The van der Waals surface area contributed by atoms with Gasteiger partial charge in [0.15, 0.2) is 11.6 Å². The third-order valence-electron chi connectivity index (χ3n) is 6.49. The maximum atomic E-state index is 14.8. The summed E-state index contributed by atoms with van der Waals surface area (Å²) in [6.07, 6.45) is -3.23. The number of hydrogen-bond acceptors (Lipinski definition) is 11. The molecule has 3 fully saturated rings. The Bertz CT molecular complexity index is 1300. The normalized spacial score (nSPS) is 33.4. The van der Waals surface area contributed by atoms with E-state index in [-0.39, 0.29) is 12.4 Å².